The predicted molar refractivity (Wildman–Crippen MR) is 106 cm³/mol. The third kappa shape index (κ3) is 2.91. The number of amides is 1. The number of hydrogen-bond donors (Lipinski definition) is 0. The molecule has 0 fully saturated rings. The molecule has 0 aliphatic carbocycles. The summed E-state index contributed by atoms with van der Waals surface area (Å²) in [6, 6.07) is 10.2. The zero-order valence-electron chi connectivity index (χ0n) is 15.6. The third-order valence-corrected chi connectivity index (χ3v) is 5.25. The van der Waals surface area contributed by atoms with Crippen molar-refractivity contribution in [2.45, 2.75) is 19.0 Å². The van der Waals surface area contributed by atoms with Crippen molar-refractivity contribution in [2.24, 2.45) is 0 Å². The summed E-state index contributed by atoms with van der Waals surface area (Å²) in [5.74, 6) is -0.132. The van der Waals surface area contributed by atoms with Crippen molar-refractivity contribution in [1.82, 2.24) is 19.4 Å². The average molecular weight is 386 g/mol. The van der Waals surface area contributed by atoms with E-state index in [4.69, 9.17) is 4.42 Å². The second-order valence-electron chi connectivity index (χ2n) is 7.01. The van der Waals surface area contributed by atoms with Gasteiger partial charge in [0.15, 0.2) is 5.43 Å². The minimum atomic E-state index is -0.505. The quantitative estimate of drug-likeness (QED) is 0.527. The predicted octanol–water partition coefficient (Wildman–Crippen LogP) is 3.02. The van der Waals surface area contributed by atoms with Crippen molar-refractivity contribution >= 4 is 16.9 Å². The fraction of sp³-hybridized carbons (Fsp3) is 0.182. The number of fused-ring (bicyclic) bond motifs is 2. The number of carbonyl (C=O) groups excluding carboxylic acids is 1. The molecule has 0 bridgehead atoms. The van der Waals surface area contributed by atoms with E-state index < -0.39 is 6.04 Å². The fourth-order valence-corrected chi connectivity index (χ4v) is 3.92. The molecular formula is C22H18N4O3. The number of imidazole rings is 1. The summed E-state index contributed by atoms with van der Waals surface area (Å²) in [4.78, 5) is 36.5. The molecule has 0 saturated heterocycles. The summed E-state index contributed by atoms with van der Waals surface area (Å²) >= 11 is 0. The molecule has 3 aromatic heterocycles. The summed E-state index contributed by atoms with van der Waals surface area (Å²) in [6.07, 6.45) is 9.45. The Kier molecular flexibility index (Phi) is 4.20. The van der Waals surface area contributed by atoms with Gasteiger partial charge in [0.25, 0.3) is 5.91 Å². The van der Waals surface area contributed by atoms with Crippen LogP contribution in [0.15, 0.2) is 76.7 Å². The molecule has 0 radical (unpaired) electrons. The van der Waals surface area contributed by atoms with Crippen LogP contribution in [-0.2, 0) is 6.54 Å². The number of aromatic nitrogens is 3. The lowest BCUT2D eigenvalue weighted by molar-refractivity contribution is 0.0723. The Morgan fingerprint density at radius 2 is 1.90 bits per heavy atom. The highest BCUT2D eigenvalue weighted by molar-refractivity contribution is 5.99. The number of benzene rings is 1. The number of nitrogens with zero attached hydrogens (tertiary/aromatic N) is 4. The van der Waals surface area contributed by atoms with Crippen molar-refractivity contribution < 1.29 is 9.21 Å². The Labute approximate surface area is 166 Å². The van der Waals surface area contributed by atoms with Gasteiger partial charge >= 0.3 is 0 Å². The lowest BCUT2D eigenvalue weighted by atomic mass is 10.00. The Hall–Kier alpha value is -3.74. The van der Waals surface area contributed by atoms with Crippen molar-refractivity contribution in [3.63, 3.8) is 0 Å². The summed E-state index contributed by atoms with van der Waals surface area (Å²) in [5, 5.41) is 0.480. The van der Waals surface area contributed by atoms with Gasteiger partial charge < -0.3 is 13.9 Å². The van der Waals surface area contributed by atoms with Gasteiger partial charge in [0.1, 0.15) is 5.58 Å². The maximum Gasteiger partial charge on any atom is 0.290 e. The minimum absolute atomic E-state index is 0.130. The highest BCUT2D eigenvalue weighted by atomic mass is 16.3. The van der Waals surface area contributed by atoms with E-state index in [1.807, 2.05) is 22.9 Å². The number of para-hydroxylation sites is 1. The zero-order valence-corrected chi connectivity index (χ0v) is 15.6. The zero-order chi connectivity index (χ0) is 19.8. The van der Waals surface area contributed by atoms with Crippen molar-refractivity contribution in [3.8, 4) is 0 Å². The van der Waals surface area contributed by atoms with E-state index in [9.17, 15) is 9.59 Å². The first kappa shape index (κ1) is 17.4. The molecule has 1 unspecified atom stereocenters. The molecule has 7 nitrogen and oxygen atoms in total. The van der Waals surface area contributed by atoms with E-state index in [0.29, 0.717) is 23.1 Å². The lowest BCUT2D eigenvalue weighted by Gasteiger charge is -2.24. The standard InChI is InChI=1S/C22H18N4O3/c27-20-16-6-1-2-7-17(16)29-21-18(20)19(15-5-3-8-23-13-15)26(22(21)28)11-4-10-25-12-9-24-14-25/h1-3,5-9,12-14,19H,4,10-11H2. The molecule has 4 heterocycles. The molecular weight excluding hydrogens is 368 g/mol. The number of hydrogen-bond acceptors (Lipinski definition) is 5. The first-order valence-electron chi connectivity index (χ1n) is 9.46. The van der Waals surface area contributed by atoms with Crippen LogP contribution in [0.5, 0.6) is 0 Å². The fourth-order valence-electron chi connectivity index (χ4n) is 3.92. The Morgan fingerprint density at radius 1 is 1.00 bits per heavy atom. The molecule has 1 aliphatic rings. The highest BCUT2D eigenvalue weighted by Gasteiger charge is 2.42. The molecule has 1 aromatic carbocycles. The average Bonchev–Trinajstić information content (AvgIpc) is 3.37. The smallest absolute Gasteiger partial charge is 0.290 e. The van der Waals surface area contributed by atoms with Crippen LogP contribution in [0.1, 0.15) is 34.1 Å². The highest BCUT2D eigenvalue weighted by Crippen LogP contribution is 2.37. The van der Waals surface area contributed by atoms with Gasteiger partial charge in [0, 0.05) is 37.9 Å². The summed E-state index contributed by atoms with van der Waals surface area (Å²) in [5.41, 5.74) is 1.45. The van der Waals surface area contributed by atoms with Gasteiger partial charge in [-0.05, 0) is 30.2 Å². The maximum atomic E-state index is 13.3. The molecule has 4 aromatic rings. The summed E-state index contributed by atoms with van der Waals surface area (Å²) in [6.45, 7) is 1.21. The number of rotatable bonds is 5. The van der Waals surface area contributed by atoms with Gasteiger partial charge in [-0.15, -0.1) is 0 Å². The van der Waals surface area contributed by atoms with Gasteiger partial charge in [0.2, 0.25) is 5.76 Å². The number of aryl methyl sites for hydroxylation is 1. The SMILES string of the molecule is O=C1c2oc3ccccc3c(=O)c2C(c2cccnc2)N1CCCn1ccnc1. The van der Waals surface area contributed by atoms with Gasteiger partial charge in [-0.1, -0.05) is 18.2 Å². The van der Waals surface area contributed by atoms with Gasteiger partial charge in [-0.25, -0.2) is 4.98 Å². The summed E-state index contributed by atoms with van der Waals surface area (Å²) < 4.78 is 7.87. The molecule has 5 rings (SSSR count). The largest absolute Gasteiger partial charge is 0.450 e. The second kappa shape index (κ2) is 7.01. The summed E-state index contributed by atoms with van der Waals surface area (Å²) in [7, 11) is 0. The monoisotopic (exact) mass is 386 g/mol. The Bertz CT molecular complexity index is 1230. The van der Waals surface area contributed by atoms with E-state index in [1.165, 1.54) is 0 Å². The normalized spacial score (nSPS) is 15.8. The van der Waals surface area contributed by atoms with Crippen LogP contribution in [0.3, 0.4) is 0 Å². The van der Waals surface area contributed by atoms with E-state index >= 15 is 0 Å². The van der Waals surface area contributed by atoms with Gasteiger partial charge in [-0.3, -0.25) is 14.6 Å². The van der Waals surface area contributed by atoms with E-state index in [1.54, 1.807) is 54.1 Å². The maximum absolute atomic E-state index is 13.3. The molecule has 1 aliphatic heterocycles. The van der Waals surface area contributed by atoms with Crippen LogP contribution in [0.4, 0.5) is 0 Å². The number of pyridine rings is 1. The van der Waals surface area contributed by atoms with Crippen LogP contribution >= 0.6 is 0 Å². The molecule has 0 N–H and O–H groups in total. The molecule has 7 heteroatoms. The topological polar surface area (TPSA) is 81.2 Å². The van der Waals surface area contributed by atoms with E-state index in [2.05, 4.69) is 9.97 Å². The molecule has 1 atom stereocenters. The van der Waals surface area contributed by atoms with Crippen LogP contribution in [0, 0.1) is 0 Å². The van der Waals surface area contributed by atoms with Crippen molar-refractivity contribution in [2.75, 3.05) is 6.54 Å². The van der Waals surface area contributed by atoms with E-state index in [0.717, 1.165) is 18.5 Å². The molecule has 1 amide bonds. The van der Waals surface area contributed by atoms with Gasteiger partial charge in [0.05, 0.1) is 23.3 Å². The second-order valence-corrected chi connectivity index (χ2v) is 7.01. The van der Waals surface area contributed by atoms with Crippen LogP contribution in [0.2, 0.25) is 0 Å². The molecule has 29 heavy (non-hydrogen) atoms. The minimum Gasteiger partial charge on any atom is -0.450 e. The van der Waals surface area contributed by atoms with Crippen LogP contribution in [0.25, 0.3) is 11.0 Å². The lowest BCUT2D eigenvalue weighted by Crippen LogP contribution is -2.31. The molecule has 0 saturated carbocycles. The third-order valence-electron chi connectivity index (χ3n) is 5.25. The van der Waals surface area contributed by atoms with Crippen LogP contribution in [-0.4, -0.2) is 31.9 Å². The molecule has 0 spiro atoms. The van der Waals surface area contributed by atoms with Crippen molar-refractivity contribution in [3.05, 3.63) is 94.6 Å². The van der Waals surface area contributed by atoms with Crippen LogP contribution < -0.4 is 5.43 Å². The van der Waals surface area contributed by atoms with E-state index in [-0.39, 0.29) is 17.1 Å². The number of carbonyl (C=O) groups is 1. The van der Waals surface area contributed by atoms with Gasteiger partial charge in [-0.2, -0.15) is 0 Å². The van der Waals surface area contributed by atoms with Crippen molar-refractivity contribution in [1.29, 1.82) is 0 Å². The first-order chi connectivity index (χ1) is 14.2. The Balaban J connectivity index is 1.58. The molecule has 144 valence electrons. The Morgan fingerprint density at radius 3 is 2.69 bits per heavy atom. The first-order valence-corrected chi connectivity index (χ1v) is 9.46.